The second-order valence-electron chi connectivity index (χ2n) is 18.3. The smallest absolute Gasteiger partial charge is 0.476 e. The molecule has 0 aliphatic carbocycles. The van der Waals surface area contributed by atoms with E-state index in [-0.39, 0.29) is 29.5 Å². The zero-order chi connectivity index (χ0) is 52.1. The molecule has 2 amide bonds. The van der Waals surface area contributed by atoms with Crippen LogP contribution in [-0.2, 0) is 9.59 Å². The summed E-state index contributed by atoms with van der Waals surface area (Å²) in [4.78, 5) is 57.5. The molecule has 6 aromatic rings. The van der Waals surface area contributed by atoms with Crippen LogP contribution in [0.15, 0.2) is 84.9 Å². The van der Waals surface area contributed by atoms with Crippen LogP contribution in [0, 0.1) is 13.8 Å². The van der Waals surface area contributed by atoms with Crippen molar-refractivity contribution in [3.05, 3.63) is 96.3 Å². The number of aryl methyl sites for hydroxylation is 2. The number of nitrogens with zero attached hydrogens (tertiary/aromatic N) is 8. The number of rotatable bonds is 16. The van der Waals surface area contributed by atoms with Crippen molar-refractivity contribution in [3.8, 4) is 23.0 Å². The summed E-state index contributed by atoms with van der Waals surface area (Å²) in [5, 5.41) is 16.1. The normalized spacial score (nSPS) is 17.0. The van der Waals surface area contributed by atoms with Gasteiger partial charge in [0.1, 0.15) is 23.0 Å². The van der Waals surface area contributed by atoms with Gasteiger partial charge in [-0.2, -0.15) is 0 Å². The van der Waals surface area contributed by atoms with Gasteiger partial charge in [-0.1, -0.05) is 0 Å². The minimum absolute atomic E-state index is 0.0602. The van der Waals surface area contributed by atoms with E-state index in [1.165, 1.54) is 12.8 Å². The molecule has 2 aromatic heterocycles. The Bertz CT molecular complexity index is 2930. The van der Waals surface area contributed by atoms with Crippen LogP contribution < -0.4 is 39.4 Å². The second kappa shape index (κ2) is 22.1. The van der Waals surface area contributed by atoms with Crippen LogP contribution in [-0.4, -0.2) is 143 Å². The highest BCUT2D eigenvalue weighted by molar-refractivity contribution is 6.04. The Balaban J connectivity index is 1.01. The van der Waals surface area contributed by atoms with Gasteiger partial charge in [-0.25, -0.2) is 19.9 Å². The number of β-amino-alcohol motifs (C(OH)–C–C–N with tert-alkyl or cyclic N) is 1. The number of aromatic nitrogens is 4. The number of ether oxygens (including phenoxy) is 4. The van der Waals surface area contributed by atoms with Gasteiger partial charge in [0.2, 0.25) is 24.1 Å². The molecule has 2 atom stereocenters. The van der Waals surface area contributed by atoms with Gasteiger partial charge in [-0.15, -0.1) is 26.3 Å². The highest BCUT2D eigenvalue weighted by Gasteiger charge is 2.40. The fraction of sp³-hybridized carbons (Fsp3) is 0.412. The molecule has 0 spiro atoms. The second-order valence-corrected chi connectivity index (χ2v) is 18.3. The quantitative estimate of drug-likeness (QED) is 0.0805. The van der Waals surface area contributed by atoms with Crippen LogP contribution >= 0.6 is 0 Å². The Morgan fingerprint density at radius 3 is 1.43 bits per heavy atom. The summed E-state index contributed by atoms with van der Waals surface area (Å²) < 4.78 is 99.0. The Hall–Kier alpha value is -7.24. The lowest BCUT2D eigenvalue weighted by molar-refractivity contribution is -0.275. The van der Waals surface area contributed by atoms with Gasteiger partial charge in [-0.05, 0) is 138 Å². The summed E-state index contributed by atoms with van der Waals surface area (Å²) in [5.41, 5.74) is 2.87. The zero-order valence-corrected chi connectivity index (χ0v) is 40.5. The van der Waals surface area contributed by atoms with E-state index in [9.17, 15) is 41.0 Å². The molecule has 3 N–H and O–H groups in total. The number of hydrogen-bond acceptors (Lipinski definition) is 15. The summed E-state index contributed by atoms with van der Waals surface area (Å²) >= 11 is 0. The molecule has 4 aromatic carbocycles. The molecule has 0 radical (unpaired) electrons. The molecular formula is C51H54F6N10O7. The molecular weight excluding hydrogens is 979 g/mol. The number of aliphatic hydroxyl groups excluding tert-OH is 1. The maximum atomic E-state index is 14.7. The maximum absolute atomic E-state index is 14.7. The number of halogens is 6. The number of piperazine rings is 1. The third-order valence-electron chi connectivity index (χ3n) is 13.2. The van der Waals surface area contributed by atoms with Crippen molar-refractivity contribution in [2.24, 2.45) is 0 Å². The number of aliphatic hydroxyl groups is 1. The number of benzene rings is 4. The molecule has 0 saturated carbocycles. The van der Waals surface area contributed by atoms with E-state index in [4.69, 9.17) is 29.4 Å². The van der Waals surface area contributed by atoms with Gasteiger partial charge in [0, 0.05) is 74.0 Å². The van der Waals surface area contributed by atoms with Crippen LogP contribution in [0.1, 0.15) is 37.1 Å². The highest BCUT2D eigenvalue weighted by atomic mass is 19.4. The molecule has 9 rings (SSSR count). The maximum Gasteiger partial charge on any atom is 0.573 e. The zero-order valence-electron chi connectivity index (χ0n) is 40.5. The Kier molecular flexibility index (Phi) is 15.4. The molecule has 2 unspecified atom stereocenters. The number of anilines is 4. The minimum Gasteiger partial charge on any atom is -0.476 e. The van der Waals surface area contributed by atoms with Crippen molar-refractivity contribution < 1.29 is 60.0 Å². The SMILES string of the molecule is Cc1nc(N2CCC(N3CCCC3)CC2)nc2ccc(NC(=O)C(Oc3ccc(OC(F)(F)F)cc3)C(Oc3ccc(OC(F)(F)F)cc3)C(=O)Nc3ccc4nc(N5CCN(CCO)CC5)nc(C)c4c3)cc12. The first-order chi connectivity index (χ1) is 35.4. The number of piperidine rings is 1. The first kappa shape index (κ1) is 51.7. The fourth-order valence-electron chi connectivity index (χ4n) is 9.49. The number of fused-ring (bicyclic) bond motifs is 2. The predicted octanol–water partition coefficient (Wildman–Crippen LogP) is 7.64. The predicted molar refractivity (Wildman–Crippen MR) is 263 cm³/mol. The fourth-order valence-corrected chi connectivity index (χ4v) is 9.49. The molecule has 5 heterocycles. The van der Waals surface area contributed by atoms with Gasteiger partial charge in [0.15, 0.2) is 0 Å². The minimum atomic E-state index is -5.01. The van der Waals surface area contributed by atoms with Crippen LogP contribution in [0.5, 0.6) is 23.0 Å². The molecule has 0 bridgehead atoms. The average Bonchev–Trinajstić information content (AvgIpc) is 3.91. The van der Waals surface area contributed by atoms with Gasteiger partial charge < -0.3 is 49.4 Å². The van der Waals surface area contributed by atoms with Gasteiger partial charge in [0.05, 0.1) is 29.0 Å². The third-order valence-corrected chi connectivity index (χ3v) is 13.2. The number of hydrogen-bond donors (Lipinski definition) is 3. The van der Waals surface area contributed by atoms with Crippen LogP contribution in [0.4, 0.5) is 49.6 Å². The van der Waals surface area contributed by atoms with E-state index in [0.717, 1.165) is 101 Å². The number of carbonyl (C=O) groups excluding carboxylic acids is 2. The Morgan fingerprint density at radius 1 is 0.595 bits per heavy atom. The molecule has 3 aliphatic rings. The molecule has 3 aliphatic heterocycles. The average molecular weight is 1030 g/mol. The van der Waals surface area contributed by atoms with Crippen molar-refractivity contribution in [1.29, 1.82) is 0 Å². The summed E-state index contributed by atoms with van der Waals surface area (Å²) in [6.45, 7) is 10.9. The van der Waals surface area contributed by atoms with Gasteiger partial charge >= 0.3 is 12.7 Å². The topological polar surface area (TPSA) is 180 Å². The summed E-state index contributed by atoms with van der Waals surface area (Å²) in [6.07, 6.45) is -9.45. The van der Waals surface area contributed by atoms with E-state index in [1.807, 2.05) is 11.8 Å². The van der Waals surface area contributed by atoms with Crippen molar-refractivity contribution in [1.82, 2.24) is 29.7 Å². The standard InChI is InChI=1S/C51H54F6N10O7/c1-31-40-29-33(5-15-42(40)62-48(58-31)66-21-17-35(18-22-66)65-19-3-4-20-65)60-46(69)44(71-36-7-11-38(12-8-36)73-50(52,53)54)45(72-37-9-13-39(14-10-37)74-51(55,56)57)47(70)61-34-6-16-43-41(30-34)32(2)59-49(63-43)67-25-23-64(24-26-67)27-28-68/h5-16,29-30,35,44-45,68H,3-4,17-28H2,1-2H3,(H,60,69)(H,61,70). The molecule has 392 valence electrons. The monoisotopic (exact) mass is 1030 g/mol. The highest BCUT2D eigenvalue weighted by Crippen LogP contribution is 2.32. The van der Waals surface area contributed by atoms with E-state index < -0.39 is 48.2 Å². The van der Waals surface area contributed by atoms with Gasteiger partial charge in [-0.3, -0.25) is 14.5 Å². The van der Waals surface area contributed by atoms with E-state index in [1.54, 1.807) is 43.3 Å². The van der Waals surface area contributed by atoms with Crippen molar-refractivity contribution >= 4 is 56.9 Å². The first-order valence-electron chi connectivity index (χ1n) is 24.2. The summed E-state index contributed by atoms with van der Waals surface area (Å²) in [5.74, 6) is -2.36. The van der Waals surface area contributed by atoms with Crippen LogP contribution in [0.25, 0.3) is 21.8 Å². The van der Waals surface area contributed by atoms with Crippen molar-refractivity contribution in [2.45, 2.75) is 70.5 Å². The Labute approximate surface area is 421 Å². The van der Waals surface area contributed by atoms with Gasteiger partial charge in [0.25, 0.3) is 11.8 Å². The molecule has 17 nitrogen and oxygen atoms in total. The van der Waals surface area contributed by atoms with Crippen LogP contribution in [0.3, 0.4) is 0 Å². The number of amides is 2. The summed E-state index contributed by atoms with van der Waals surface area (Å²) in [6, 6.07) is 18.6. The lowest BCUT2D eigenvalue weighted by atomic mass is 10.0. The number of nitrogens with one attached hydrogen (secondary N) is 2. The van der Waals surface area contributed by atoms with Crippen molar-refractivity contribution in [2.75, 3.05) is 85.9 Å². The summed E-state index contributed by atoms with van der Waals surface area (Å²) in [7, 11) is 0. The number of alkyl halides is 6. The number of likely N-dealkylation sites (tertiary alicyclic amines) is 1. The van der Waals surface area contributed by atoms with E-state index in [2.05, 4.69) is 34.8 Å². The van der Waals surface area contributed by atoms with E-state index >= 15 is 0 Å². The Morgan fingerprint density at radius 2 is 1.01 bits per heavy atom. The molecule has 3 fully saturated rings. The largest absolute Gasteiger partial charge is 0.573 e. The lowest BCUT2D eigenvalue weighted by Crippen LogP contribution is -2.51. The molecule has 23 heteroatoms. The first-order valence-corrected chi connectivity index (χ1v) is 24.2. The van der Waals surface area contributed by atoms with E-state index in [0.29, 0.717) is 70.8 Å². The van der Waals surface area contributed by atoms with Crippen molar-refractivity contribution in [3.63, 3.8) is 0 Å². The van der Waals surface area contributed by atoms with Crippen LogP contribution in [0.2, 0.25) is 0 Å². The molecule has 3 saturated heterocycles. The lowest BCUT2D eigenvalue weighted by Gasteiger charge is -2.36. The molecule has 74 heavy (non-hydrogen) atoms. The number of carbonyl (C=O) groups is 2. The third kappa shape index (κ3) is 12.9.